The molecule has 18 heavy (non-hydrogen) atoms. The Morgan fingerprint density at radius 2 is 2.17 bits per heavy atom. The Bertz CT molecular complexity index is 560. The average molecular weight is 326 g/mol. The minimum absolute atomic E-state index is 0.128. The number of halogens is 2. The van der Waals surface area contributed by atoms with Gasteiger partial charge in [0.2, 0.25) is 5.91 Å². The molecule has 5 heteroatoms. The van der Waals surface area contributed by atoms with Crippen LogP contribution in [0.1, 0.15) is 5.69 Å². The summed E-state index contributed by atoms with van der Waals surface area (Å²) in [6.07, 6.45) is 1.90. The molecular formula is C13H10BrClN2O. The molecule has 1 heterocycles. The molecule has 2 rings (SSSR count). The van der Waals surface area contributed by atoms with Gasteiger partial charge in [-0.15, -0.1) is 0 Å². The van der Waals surface area contributed by atoms with Crippen LogP contribution in [0.25, 0.3) is 0 Å². The summed E-state index contributed by atoms with van der Waals surface area (Å²) in [4.78, 5) is 15.9. The summed E-state index contributed by atoms with van der Waals surface area (Å²) in [6, 6.07) is 10.7. The van der Waals surface area contributed by atoms with E-state index in [2.05, 4.69) is 26.2 Å². The van der Waals surface area contributed by atoms with Gasteiger partial charge in [-0.25, -0.2) is 0 Å². The molecule has 1 N–H and O–H groups in total. The van der Waals surface area contributed by atoms with Crippen LogP contribution in [0.15, 0.2) is 47.1 Å². The van der Waals surface area contributed by atoms with Crippen molar-refractivity contribution in [1.82, 2.24) is 4.98 Å². The number of pyridine rings is 1. The molecule has 0 unspecified atom stereocenters. The largest absolute Gasteiger partial charge is 0.325 e. The minimum atomic E-state index is -0.128. The Morgan fingerprint density at radius 1 is 1.33 bits per heavy atom. The highest BCUT2D eigenvalue weighted by atomic mass is 79.9. The molecule has 0 saturated carbocycles. The van der Waals surface area contributed by atoms with E-state index in [0.29, 0.717) is 10.7 Å². The zero-order valence-corrected chi connectivity index (χ0v) is 11.7. The van der Waals surface area contributed by atoms with Gasteiger partial charge < -0.3 is 5.32 Å². The first-order chi connectivity index (χ1) is 8.65. The van der Waals surface area contributed by atoms with Crippen LogP contribution in [0.3, 0.4) is 0 Å². The van der Waals surface area contributed by atoms with Gasteiger partial charge in [0, 0.05) is 21.4 Å². The second kappa shape index (κ2) is 5.98. The van der Waals surface area contributed by atoms with E-state index >= 15 is 0 Å². The number of hydrogen-bond donors (Lipinski definition) is 1. The lowest BCUT2D eigenvalue weighted by atomic mass is 10.2. The molecule has 0 bridgehead atoms. The highest BCUT2D eigenvalue weighted by molar-refractivity contribution is 9.10. The number of nitrogens with zero attached hydrogens (tertiary/aromatic N) is 1. The van der Waals surface area contributed by atoms with E-state index in [1.165, 1.54) is 0 Å². The molecule has 0 atom stereocenters. The molecule has 1 aromatic carbocycles. The molecule has 0 radical (unpaired) electrons. The van der Waals surface area contributed by atoms with Crippen LogP contribution in [0.2, 0.25) is 5.02 Å². The predicted octanol–water partition coefficient (Wildman–Crippen LogP) is 3.68. The van der Waals surface area contributed by atoms with E-state index in [4.69, 9.17) is 11.6 Å². The maximum Gasteiger partial charge on any atom is 0.230 e. The first kappa shape index (κ1) is 13.1. The molecular weight excluding hydrogens is 316 g/mol. The Balaban J connectivity index is 2.05. The smallest absolute Gasteiger partial charge is 0.230 e. The molecule has 92 valence electrons. The van der Waals surface area contributed by atoms with Crippen molar-refractivity contribution in [2.75, 3.05) is 5.32 Å². The summed E-state index contributed by atoms with van der Waals surface area (Å²) >= 11 is 9.23. The third kappa shape index (κ3) is 3.55. The molecule has 3 nitrogen and oxygen atoms in total. The van der Waals surface area contributed by atoms with E-state index in [0.717, 1.165) is 10.2 Å². The number of rotatable bonds is 3. The van der Waals surface area contributed by atoms with Crippen LogP contribution in [0, 0.1) is 0 Å². The fourth-order valence-corrected chi connectivity index (χ4v) is 1.97. The fraction of sp³-hybridized carbons (Fsp3) is 0.0769. The molecule has 0 saturated heterocycles. The van der Waals surface area contributed by atoms with E-state index in [1.807, 2.05) is 18.2 Å². The van der Waals surface area contributed by atoms with Crippen molar-refractivity contribution in [1.29, 1.82) is 0 Å². The highest BCUT2D eigenvalue weighted by Gasteiger charge is 2.07. The van der Waals surface area contributed by atoms with Crippen LogP contribution in [0.4, 0.5) is 5.69 Å². The molecule has 0 aliphatic carbocycles. The quantitative estimate of drug-likeness (QED) is 0.935. The summed E-state index contributed by atoms with van der Waals surface area (Å²) < 4.78 is 0.793. The van der Waals surface area contributed by atoms with E-state index in [-0.39, 0.29) is 12.3 Å². The maximum absolute atomic E-state index is 11.8. The normalized spacial score (nSPS) is 10.1. The van der Waals surface area contributed by atoms with Crippen LogP contribution in [-0.2, 0) is 11.2 Å². The summed E-state index contributed by atoms with van der Waals surface area (Å²) in [5, 5.41) is 3.36. The van der Waals surface area contributed by atoms with Gasteiger partial charge in [0.05, 0.1) is 12.1 Å². The molecule has 1 amide bonds. The number of carbonyl (C=O) groups excluding carboxylic acids is 1. The van der Waals surface area contributed by atoms with Gasteiger partial charge in [-0.05, 0) is 46.3 Å². The zero-order chi connectivity index (χ0) is 13.0. The van der Waals surface area contributed by atoms with Crippen molar-refractivity contribution in [3.05, 3.63) is 57.8 Å². The third-order valence-electron chi connectivity index (χ3n) is 2.27. The summed E-state index contributed by atoms with van der Waals surface area (Å²) in [5.41, 5.74) is 1.39. The van der Waals surface area contributed by atoms with Crippen molar-refractivity contribution in [2.24, 2.45) is 0 Å². The summed E-state index contributed by atoms with van der Waals surface area (Å²) in [5.74, 6) is -0.128. The number of carbonyl (C=O) groups is 1. The summed E-state index contributed by atoms with van der Waals surface area (Å²) in [7, 11) is 0. The number of aromatic nitrogens is 1. The van der Waals surface area contributed by atoms with Gasteiger partial charge in [-0.1, -0.05) is 17.7 Å². The first-order valence-corrected chi connectivity index (χ1v) is 6.47. The number of hydrogen-bond acceptors (Lipinski definition) is 2. The number of nitrogens with one attached hydrogen (secondary N) is 1. The molecule has 0 fully saturated rings. The SMILES string of the molecule is O=C(Cc1ccccn1)Nc1cc(Cl)ccc1Br. The molecule has 0 aliphatic heterocycles. The van der Waals surface area contributed by atoms with Crippen LogP contribution in [-0.4, -0.2) is 10.9 Å². The van der Waals surface area contributed by atoms with Gasteiger partial charge >= 0.3 is 0 Å². The van der Waals surface area contributed by atoms with Gasteiger partial charge in [0.15, 0.2) is 0 Å². The lowest BCUT2D eigenvalue weighted by Crippen LogP contribution is -2.15. The number of anilines is 1. The Hall–Kier alpha value is -1.39. The van der Waals surface area contributed by atoms with Crippen molar-refractivity contribution in [3.8, 4) is 0 Å². The second-order valence-electron chi connectivity index (χ2n) is 3.67. The number of amides is 1. The third-order valence-corrected chi connectivity index (χ3v) is 3.20. The van der Waals surface area contributed by atoms with Gasteiger partial charge in [-0.3, -0.25) is 9.78 Å². The van der Waals surface area contributed by atoms with Crippen LogP contribution < -0.4 is 5.32 Å². The van der Waals surface area contributed by atoms with E-state index < -0.39 is 0 Å². The van der Waals surface area contributed by atoms with Crippen molar-refractivity contribution < 1.29 is 4.79 Å². The van der Waals surface area contributed by atoms with E-state index in [1.54, 1.807) is 24.4 Å². The van der Waals surface area contributed by atoms with Gasteiger partial charge in [0.25, 0.3) is 0 Å². The molecule has 0 spiro atoms. The molecule has 2 aromatic rings. The summed E-state index contributed by atoms with van der Waals surface area (Å²) in [6.45, 7) is 0. The standard InChI is InChI=1S/C13H10BrClN2O/c14-11-5-4-9(15)7-12(11)17-13(18)8-10-3-1-2-6-16-10/h1-7H,8H2,(H,17,18). The Kier molecular flexibility index (Phi) is 4.33. The lowest BCUT2D eigenvalue weighted by Gasteiger charge is -2.07. The maximum atomic E-state index is 11.8. The highest BCUT2D eigenvalue weighted by Crippen LogP contribution is 2.25. The molecule has 1 aromatic heterocycles. The van der Waals surface area contributed by atoms with Crippen molar-refractivity contribution in [3.63, 3.8) is 0 Å². The van der Waals surface area contributed by atoms with Gasteiger partial charge in [0.1, 0.15) is 0 Å². The Labute approximate surface area is 118 Å². The topological polar surface area (TPSA) is 42.0 Å². The van der Waals surface area contributed by atoms with Gasteiger partial charge in [-0.2, -0.15) is 0 Å². The second-order valence-corrected chi connectivity index (χ2v) is 4.96. The van der Waals surface area contributed by atoms with Crippen molar-refractivity contribution in [2.45, 2.75) is 6.42 Å². The average Bonchev–Trinajstić information content (AvgIpc) is 2.35. The first-order valence-electron chi connectivity index (χ1n) is 5.30. The van der Waals surface area contributed by atoms with Crippen LogP contribution in [0.5, 0.6) is 0 Å². The molecule has 0 aliphatic rings. The van der Waals surface area contributed by atoms with E-state index in [9.17, 15) is 4.79 Å². The zero-order valence-electron chi connectivity index (χ0n) is 9.36. The predicted molar refractivity (Wildman–Crippen MR) is 75.7 cm³/mol. The monoisotopic (exact) mass is 324 g/mol. The lowest BCUT2D eigenvalue weighted by molar-refractivity contribution is -0.115. The number of benzene rings is 1. The van der Waals surface area contributed by atoms with Crippen molar-refractivity contribution >= 4 is 39.1 Å². The van der Waals surface area contributed by atoms with Crippen LogP contribution >= 0.6 is 27.5 Å². The fourth-order valence-electron chi connectivity index (χ4n) is 1.45. The Morgan fingerprint density at radius 3 is 2.89 bits per heavy atom. The minimum Gasteiger partial charge on any atom is -0.325 e.